The Labute approximate surface area is 188 Å². The topological polar surface area (TPSA) is 188 Å². The molecule has 0 heterocycles. The van der Waals surface area contributed by atoms with Gasteiger partial charge in [0.1, 0.15) is 18.1 Å². The number of carboxylic acids is 2. The summed E-state index contributed by atoms with van der Waals surface area (Å²) in [5, 5.41) is 25.7. The van der Waals surface area contributed by atoms with E-state index in [4.69, 9.17) is 10.8 Å². The first-order valence-electron chi connectivity index (χ1n) is 10.8. The van der Waals surface area contributed by atoms with Gasteiger partial charge < -0.3 is 31.9 Å². The molecule has 0 aromatic heterocycles. The summed E-state index contributed by atoms with van der Waals surface area (Å²) in [6, 6.07) is -4.65. The average Bonchev–Trinajstić information content (AvgIpc) is 2.66. The van der Waals surface area contributed by atoms with Gasteiger partial charge in [-0.15, -0.1) is 0 Å². The Morgan fingerprint density at radius 3 is 1.75 bits per heavy atom. The van der Waals surface area contributed by atoms with Crippen molar-refractivity contribution in [1.82, 2.24) is 16.0 Å². The van der Waals surface area contributed by atoms with Crippen LogP contribution in [0, 0.1) is 17.8 Å². The molecule has 0 spiro atoms. The number of hydrogen-bond acceptors (Lipinski definition) is 6. The first kappa shape index (κ1) is 29.3. The monoisotopic (exact) mass is 458 g/mol. The van der Waals surface area contributed by atoms with Gasteiger partial charge in [0.25, 0.3) is 0 Å². The van der Waals surface area contributed by atoms with Crippen LogP contribution in [0.5, 0.6) is 0 Å². The van der Waals surface area contributed by atoms with Crippen molar-refractivity contribution in [3.63, 3.8) is 0 Å². The van der Waals surface area contributed by atoms with Gasteiger partial charge in [0, 0.05) is 0 Å². The van der Waals surface area contributed by atoms with Crippen LogP contribution in [0.4, 0.5) is 0 Å². The van der Waals surface area contributed by atoms with Crippen LogP contribution in [0.2, 0.25) is 0 Å². The molecule has 0 bridgehead atoms. The molecular weight excluding hydrogens is 420 g/mol. The number of carboxylic acid groups (broad SMARTS) is 2. The van der Waals surface area contributed by atoms with E-state index in [9.17, 15) is 29.1 Å². The second-order valence-corrected chi connectivity index (χ2v) is 8.84. The van der Waals surface area contributed by atoms with E-state index >= 15 is 0 Å². The molecule has 0 aliphatic heterocycles. The molecule has 0 aliphatic rings. The fourth-order valence-electron chi connectivity index (χ4n) is 2.99. The van der Waals surface area contributed by atoms with Gasteiger partial charge in [-0.1, -0.05) is 48.0 Å². The van der Waals surface area contributed by atoms with Gasteiger partial charge in [0.2, 0.25) is 17.7 Å². The maximum atomic E-state index is 12.8. The van der Waals surface area contributed by atoms with E-state index in [0.29, 0.717) is 12.8 Å². The number of hydrogen-bond donors (Lipinski definition) is 6. The summed E-state index contributed by atoms with van der Waals surface area (Å²) in [6.45, 7) is 10.5. The summed E-state index contributed by atoms with van der Waals surface area (Å²) in [5.74, 6) is -5.48. The summed E-state index contributed by atoms with van der Waals surface area (Å²) in [6.07, 6.45) is 0.121. The summed E-state index contributed by atoms with van der Waals surface area (Å²) in [4.78, 5) is 60.5. The number of amides is 3. The molecule has 0 fully saturated rings. The lowest BCUT2D eigenvalue weighted by Crippen LogP contribution is -2.59. The number of carbonyl (C=O) groups is 5. The lowest BCUT2D eigenvalue weighted by molar-refractivity contribution is -0.144. The summed E-state index contributed by atoms with van der Waals surface area (Å²) >= 11 is 0. The van der Waals surface area contributed by atoms with E-state index in [1.54, 1.807) is 27.7 Å². The number of nitrogens with one attached hydrogen (secondary N) is 3. The molecule has 0 aliphatic carbocycles. The molecule has 11 heteroatoms. The molecular formula is C21H38N4O7. The van der Waals surface area contributed by atoms with Crippen molar-refractivity contribution in [2.45, 2.75) is 85.0 Å². The van der Waals surface area contributed by atoms with Gasteiger partial charge in [-0.2, -0.15) is 0 Å². The SMILES string of the molecule is CCC(C)C(NC(=O)C(CC(=O)O)NC(=O)C(NC(=O)C(N)CC(C)C)C(C)C)C(=O)O. The summed E-state index contributed by atoms with van der Waals surface area (Å²) < 4.78 is 0. The summed E-state index contributed by atoms with van der Waals surface area (Å²) in [5.41, 5.74) is 5.87. The van der Waals surface area contributed by atoms with E-state index in [1.807, 2.05) is 13.8 Å². The lowest BCUT2D eigenvalue weighted by atomic mass is 9.98. The van der Waals surface area contributed by atoms with Crippen molar-refractivity contribution >= 4 is 29.7 Å². The number of carbonyl (C=O) groups excluding carboxylic acids is 3. The highest BCUT2D eigenvalue weighted by Gasteiger charge is 2.33. The van der Waals surface area contributed by atoms with Gasteiger partial charge in [0.15, 0.2) is 0 Å². The van der Waals surface area contributed by atoms with Crippen molar-refractivity contribution in [3.8, 4) is 0 Å². The largest absolute Gasteiger partial charge is 0.481 e. The minimum absolute atomic E-state index is 0.165. The molecule has 11 nitrogen and oxygen atoms in total. The first-order chi connectivity index (χ1) is 14.7. The second-order valence-electron chi connectivity index (χ2n) is 8.84. The van der Waals surface area contributed by atoms with Gasteiger partial charge in [0.05, 0.1) is 12.5 Å². The zero-order chi connectivity index (χ0) is 25.2. The van der Waals surface area contributed by atoms with Crippen molar-refractivity contribution < 1.29 is 34.2 Å². The molecule has 0 radical (unpaired) electrons. The number of nitrogens with two attached hydrogens (primary N) is 1. The zero-order valence-electron chi connectivity index (χ0n) is 19.7. The van der Waals surface area contributed by atoms with E-state index in [0.717, 1.165) is 0 Å². The smallest absolute Gasteiger partial charge is 0.326 e. The molecule has 0 rings (SSSR count). The van der Waals surface area contributed by atoms with Crippen LogP contribution in [-0.4, -0.2) is 64.0 Å². The zero-order valence-corrected chi connectivity index (χ0v) is 19.7. The first-order valence-corrected chi connectivity index (χ1v) is 10.8. The Hall–Kier alpha value is -2.69. The highest BCUT2D eigenvalue weighted by Crippen LogP contribution is 2.10. The Balaban J connectivity index is 5.49. The Morgan fingerprint density at radius 2 is 1.34 bits per heavy atom. The molecule has 5 unspecified atom stereocenters. The Kier molecular flexibility index (Phi) is 12.5. The second kappa shape index (κ2) is 13.7. The Bertz CT molecular complexity index is 681. The van der Waals surface area contributed by atoms with Crippen LogP contribution >= 0.6 is 0 Å². The predicted octanol–water partition coefficient (Wildman–Crippen LogP) is 0.0756. The standard InChI is InChI=1S/C21H38N4O7/c1-7-12(6)17(21(31)32)25-19(29)14(9-15(26)27)23-20(30)16(11(4)5)24-18(28)13(22)8-10(2)3/h10-14,16-17H,7-9,22H2,1-6H3,(H,23,30)(H,24,28)(H,25,29)(H,26,27)(H,31,32). The fourth-order valence-corrected chi connectivity index (χ4v) is 2.99. The molecule has 3 amide bonds. The third kappa shape index (κ3) is 10.1. The quantitative estimate of drug-likeness (QED) is 0.211. The molecule has 0 saturated heterocycles. The van der Waals surface area contributed by atoms with Gasteiger partial charge >= 0.3 is 11.9 Å². The molecule has 0 saturated carbocycles. The van der Waals surface area contributed by atoms with Gasteiger partial charge in [-0.05, 0) is 24.2 Å². The van der Waals surface area contributed by atoms with E-state index < -0.39 is 66.2 Å². The van der Waals surface area contributed by atoms with Crippen molar-refractivity contribution in [3.05, 3.63) is 0 Å². The highest BCUT2D eigenvalue weighted by molar-refractivity contribution is 5.95. The van der Waals surface area contributed by atoms with Crippen molar-refractivity contribution in [2.75, 3.05) is 0 Å². The maximum Gasteiger partial charge on any atom is 0.326 e. The van der Waals surface area contributed by atoms with Gasteiger partial charge in [-0.25, -0.2) is 4.79 Å². The highest BCUT2D eigenvalue weighted by atomic mass is 16.4. The molecule has 5 atom stereocenters. The third-order valence-corrected chi connectivity index (χ3v) is 5.10. The van der Waals surface area contributed by atoms with Crippen molar-refractivity contribution in [1.29, 1.82) is 0 Å². The van der Waals surface area contributed by atoms with Crippen LogP contribution in [0.3, 0.4) is 0 Å². The Morgan fingerprint density at radius 1 is 0.812 bits per heavy atom. The number of aliphatic carboxylic acids is 2. The molecule has 7 N–H and O–H groups in total. The minimum atomic E-state index is -1.52. The minimum Gasteiger partial charge on any atom is -0.481 e. The maximum absolute atomic E-state index is 12.8. The predicted molar refractivity (Wildman–Crippen MR) is 117 cm³/mol. The van der Waals surface area contributed by atoms with E-state index in [-0.39, 0.29) is 11.8 Å². The average molecular weight is 459 g/mol. The summed E-state index contributed by atoms with van der Waals surface area (Å²) in [7, 11) is 0. The van der Waals surface area contributed by atoms with Crippen LogP contribution in [0.15, 0.2) is 0 Å². The van der Waals surface area contributed by atoms with Crippen LogP contribution in [-0.2, 0) is 24.0 Å². The molecule has 0 aromatic carbocycles. The molecule has 32 heavy (non-hydrogen) atoms. The molecule has 0 aromatic rings. The van der Waals surface area contributed by atoms with Crippen LogP contribution in [0.25, 0.3) is 0 Å². The third-order valence-electron chi connectivity index (χ3n) is 5.10. The van der Waals surface area contributed by atoms with E-state index in [1.165, 1.54) is 0 Å². The molecule has 184 valence electrons. The van der Waals surface area contributed by atoms with Crippen LogP contribution < -0.4 is 21.7 Å². The lowest BCUT2D eigenvalue weighted by Gasteiger charge is -2.27. The number of rotatable bonds is 14. The normalized spacial score (nSPS) is 15.9. The van der Waals surface area contributed by atoms with Gasteiger partial charge in [-0.3, -0.25) is 19.2 Å². The van der Waals surface area contributed by atoms with Crippen molar-refractivity contribution in [2.24, 2.45) is 23.5 Å². The fraction of sp³-hybridized carbons (Fsp3) is 0.762. The van der Waals surface area contributed by atoms with Crippen LogP contribution in [0.1, 0.15) is 60.8 Å². The van der Waals surface area contributed by atoms with E-state index in [2.05, 4.69) is 16.0 Å².